The number of rotatable bonds is 7. The summed E-state index contributed by atoms with van der Waals surface area (Å²) in [6.45, 7) is 0.462. The lowest BCUT2D eigenvalue weighted by Crippen LogP contribution is -2.50. The first kappa shape index (κ1) is 25.8. The van der Waals surface area contributed by atoms with E-state index in [2.05, 4.69) is 0 Å². The Kier molecular flexibility index (Phi) is 6.64. The summed E-state index contributed by atoms with van der Waals surface area (Å²) >= 11 is 0. The molecule has 11 nitrogen and oxygen atoms in total. The molecule has 5 atom stereocenters. The second kappa shape index (κ2) is 9.79. The van der Waals surface area contributed by atoms with Gasteiger partial charge in [0.2, 0.25) is 12.5 Å². The average molecular weight is 529 g/mol. The fourth-order valence-electron chi connectivity index (χ4n) is 6.15. The number of benzene rings is 2. The Labute approximate surface area is 220 Å². The molecule has 0 aromatic heterocycles. The van der Waals surface area contributed by atoms with Crippen molar-refractivity contribution in [3.63, 3.8) is 0 Å². The summed E-state index contributed by atoms with van der Waals surface area (Å²) in [5, 5.41) is 20.2. The van der Waals surface area contributed by atoms with Crippen LogP contribution < -0.4 is 18.9 Å². The fraction of sp³-hybridized carbons (Fsp3) is 0.481. The van der Waals surface area contributed by atoms with E-state index in [1.54, 1.807) is 12.1 Å². The largest absolute Gasteiger partial charge is 0.502 e. The van der Waals surface area contributed by atoms with Crippen LogP contribution >= 0.6 is 0 Å². The van der Waals surface area contributed by atoms with E-state index in [-0.39, 0.29) is 67.0 Å². The highest BCUT2D eigenvalue weighted by atomic mass is 16.7. The van der Waals surface area contributed by atoms with Gasteiger partial charge in [-0.05, 0) is 55.1 Å². The molecule has 0 saturated carbocycles. The summed E-state index contributed by atoms with van der Waals surface area (Å²) < 4.78 is 28.0. The number of carboxylic acid groups (broad SMARTS) is 1. The topological polar surface area (TPSA) is 127 Å². The molecule has 2 aliphatic heterocycles. The van der Waals surface area contributed by atoms with Gasteiger partial charge >= 0.3 is 12.1 Å². The molecule has 1 aliphatic carbocycles. The number of fused-ring (bicyclic) bond motifs is 3. The third-order valence-corrected chi connectivity index (χ3v) is 7.97. The number of carbonyl (C=O) groups is 2. The molecule has 3 aliphatic rings. The van der Waals surface area contributed by atoms with Crippen molar-refractivity contribution in [1.82, 2.24) is 9.80 Å². The number of phenols is 1. The zero-order valence-electron chi connectivity index (χ0n) is 22.0. The number of hydrogen-bond acceptors (Lipinski definition) is 9. The third kappa shape index (κ3) is 4.10. The van der Waals surface area contributed by atoms with Gasteiger partial charge in [-0.1, -0.05) is 0 Å². The van der Waals surface area contributed by atoms with Gasteiger partial charge in [-0.25, -0.2) is 4.79 Å². The number of nitrogens with zero attached hydrogens (tertiary/aromatic N) is 2. The molecular weight excluding hydrogens is 496 g/mol. The van der Waals surface area contributed by atoms with Gasteiger partial charge in [0, 0.05) is 37.4 Å². The summed E-state index contributed by atoms with van der Waals surface area (Å²) in [5.41, 5.74) is 2.56. The minimum atomic E-state index is -1.05. The highest BCUT2D eigenvalue weighted by Crippen LogP contribution is 2.57. The van der Waals surface area contributed by atoms with Crippen LogP contribution in [0.15, 0.2) is 24.3 Å². The van der Waals surface area contributed by atoms with E-state index in [0.29, 0.717) is 11.5 Å². The minimum Gasteiger partial charge on any atom is -0.502 e. The van der Waals surface area contributed by atoms with Gasteiger partial charge in [0.15, 0.2) is 23.0 Å². The lowest BCUT2D eigenvalue weighted by Gasteiger charge is -2.45. The molecule has 2 aromatic rings. The molecular formula is C27H32N2O9. The fourth-order valence-corrected chi connectivity index (χ4v) is 6.15. The molecule has 1 unspecified atom stereocenters. The van der Waals surface area contributed by atoms with Crippen LogP contribution in [0.25, 0.3) is 0 Å². The van der Waals surface area contributed by atoms with Crippen LogP contribution in [0.4, 0.5) is 4.79 Å². The quantitative estimate of drug-likeness (QED) is 0.518. The van der Waals surface area contributed by atoms with Crippen molar-refractivity contribution in [2.24, 2.45) is 11.8 Å². The minimum absolute atomic E-state index is 0.0855. The van der Waals surface area contributed by atoms with Crippen molar-refractivity contribution in [2.75, 3.05) is 55.3 Å². The number of aromatic hydroxyl groups is 1. The van der Waals surface area contributed by atoms with E-state index in [0.717, 1.165) is 16.7 Å². The van der Waals surface area contributed by atoms with E-state index in [4.69, 9.17) is 23.7 Å². The van der Waals surface area contributed by atoms with Gasteiger partial charge in [0.25, 0.3) is 0 Å². The average Bonchev–Trinajstić information content (AvgIpc) is 3.51. The van der Waals surface area contributed by atoms with Gasteiger partial charge in [0.1, 0.15) is 0 Å². The number of hydrogen-bond donors (Lipinski definition) is 2. The summed E-state index contributed by atoms with van der Waals surface area (Å²) in [6, 6.07) is 7.01. The predicted molar refractivity (Wildman–Crippen MR) is 134 cm³/mol. The molecule has 1 fully saturated rings. The van der Waals surface area contributed by atoms with Crippen molar-refractivity contribution < 1.29 is 43.5 Å². The molecule has 1 saturated heterocycles. The molecule has 2 N–H and O–H groups in total. The summed E-state index contributed by atoms with van der Waals surface area (Å²) in [5.74, 6) is -0.289. The van der Waals surface area contributed by atoms with Gasteiger partial charge in [-0.15, -0.1) is 0 Å². The van der Waals surface area contributed by atoms with E-state index < -0.39 is 12.0 Å². The number of ether oxygens (including phenoxy) is 5. The van der Waals surface area contributed by atoms with Crippen LogP contribution in [0, 0.1) is 11.8 Å². The summed E-state index contributed by atoms with van der Waals surface area (Å²) in [7, 11) is 8.21. The van der Waals surface area contributed by atoms with Crippen LogP contribution in [0.1, 0.15) is 28.5 Å². The lowest BCUT2D eigenvalue weighted by molar-refractivity contribution is -0.142. The highest BCUT2D eigenvalue weighted by Gasteiger charge is 2.55. The van der Waals surface area contributed by atoms with Crippen molar-refractivity contribution in [3.8, 4) is 28.7 Å². The van der Waals surface area contributed by atoms with Crippen molar-refractivity contribution in [1.29, 1.82) is 0 Å². The van der Waals surface area contributed by atoms with E-state index in [1.807, 2.05) is 31.1 Å². The Morgan fingerprint density at radius 3 is 2.18 bits per heavy atom. The number of amides is 1. The van der Waals surface area contributed by atoms with Crippen molar-refractivity contribution in [3.05, 3.63) is 41.0 Å². The van der Waals surface area contributed by atoms with Crippen LogP contribution in [-0.4, -0.2) is 93.4 Å². The van der Waals surface area contributed by atoms with Gasteiger partial charge < -0.3 is 43.7 Å². The Morgan fingerprint density at radius 1 is 1.03 bits per heavy atom. The van der Waals surface area contributed by atoms with Crippen molar-refractivity contribution in [2.45, 2.75) is 17.9 Å². The maximum atomic E-state index is 13.4. The molecule has 0 bridgehead atoms. The van der Waals surface area contributed by atoms with Gasteiger partial charge in [-0.3, -0.25) is 4.79 Å². The molecule has 1 amide bonds. The van der Waals surface area contributed by atoms with Gasteiger partial charge in [-0.2, -0.15) is 0 Å². The monoisotopic (exact) mass is 528 g/mol. The Hall–Kier alpha value is -3.86. The molecule has 0 spiro atoms. The summed E-state index contributed by atoms with van der Waals surface area (Å²) in [4.78, 5) is 28.3. The normalized spacial score (nSPS) is 23.9. The standard InChI is InChI=1S/C27H32N2O9/c1-28(2)17(10-29(3)27(32)33)23-15-9-19-18(37-12-38-19)8-14(15)22(16-11-36-26(31)24(16)23)13-6-20(34-4)25(30)21(7-13)35-5/h6-9,16-17,22-24,30H,10-12H2,1-5H3,(H,32,33)/t16-,17?,22-,23-,24-/m1/s1. The first-order valence-corrected chi connectivity index (χ1v) is 12.3. The highest BCUT2D eigenvalue weighted by molar-refractivity contribution is 5.78. The van der Waals surface area contributed by atoms with Crippen LogP contribution in [0.3, 0.4) is 0 Å². The number of cyclic esters (lactones) is 1. The first-order valence-electron chi connectivity index (χ1n) is 12.3. The van der Waals surface area contributed by atoms with E-state index >= 15 is 0 Å². The lowest BCUT2D eigenvalue weighted by atomic mass is 9.61. The number of likely N-dealkylation sites (N-methyl/N-ethyl adjacent to an activating group) is 2. The molecule has 2 aromatic carbocycles. The maximum Gasteiger partial charge on any atom is 0.407 e. The zero-order valence-corrected chi connectivity index (χ0v) is 22.0. The van der Waals surface area contributed by atoms with Gasteiger partial charge in [0.05, 0.1) is 26.7 Å². The molecule has 0 radical (unpaired) electrons. The number of esters is 1. The SMILES string of the molecule is COc1cc([C@@H]2c3cc4c(cc3[C@H](C(CN(C)C(=O)O)N(C)C)[C@@H]3C(=O)OC[C@H]23)OCO4)cc(OC)c1O. The molecule has 2 heterocycles. The number of methoxy groups -OCH3 is 2. The molecule has 11 heteroatoms. The summed E-state index contributed by atoms with van der Waals surface area (Å²) in [6.07, 6.45) is -1.05. The first-order chi connectivity index (χ1) is 18.2. The van der Waals surface area contributed by atoms with E-state index in [9.17, 15) is 19.8 Å². The van der Waals surface area contributed by atoms with E-state index in [1.165, 1.54) is 26.2 Å². The Morgan fingerprint density at radius 2 is 1.63 bits per heavy atom. The second-order valence-electron chi connectivity index (χ2n) is 10.1. The van der Waals surface area contributed by atoms with Crippen molar-refractivity contribution >= 4 is 12.1 Å². The molecule has 5 rings (SSSR count). The van der Waals surface area contributed by atoms with Crippen LogP contribution in [0.2, 0.25) is 0 Å². The maximum absolute atomic E-state index is 13.4. The number of phenolic OH excluding ortho intramolecular Hbond substituents is 1. The second-order valence-corrected chi connectivity index (χ2v) is 10.1. The van der Waals surface area contributed by atoms with Crippen LogP contribution in [-0.2, 0) is 9.53 Å². The molecule has 204 valence electrons. The Balaban J connectivity index is 1.74. The third-order valence-electron chi connectivity index (χ3n) is 7.97. The predicted octanol–water partition coefficient (Wildman–Crippen LogP) is 2.70. The zero-order chi connectivity index (χ0) is 27.3. The smallest absolute Gasteiger partial charge is 0.407 e. The molecule has 38 heavy (non-hydrogen) atoms. The van der Waals surface area contributed by atoms with Crippen LogP contribution in [0.5, 0.6) is 28.7 Å². The number of carbonyl (C=O) groups excluding carboxylic acids is 1. The Bertz CT molecular complexity index is 1240.